The van der Waals surface area contributed by atoms with Gasteiger partial charge in [0.1, 0.15) is 11.5 Å². The number of rotatable bonds is 4. The lowest BCUT2D eigenvalue weighted by molar-refractivity contribution is 0.297. The Morgan fingerprint density at radius 3 is 2.43 bits per heavy atom. The predicted octanol–water partition coefficient (Wildman–Crippen LogP) is 5.67. The summed E-state index contributed by atoms with van der Waals surface area (Å²) in [5, 5.41) is 0.742. The Hall–Kier alpha value is -2.19. The van der Waals surface area contributed by atoms with Crippen LogP contribution >= 0.6 is 11.6 Å². The van der Waals surface area contributed by atoms with Crippen LogP contribution in [0.5, 0.6) is 5.75 Å². The van der Waals surface area contributed by atoms with Crippen LogP contribution < -0.4 is 4.74 Å². The van der Waals surface area contributed by atoms with E-state index in [9.17, 15) is 0 Å². The van der Waals surface area contributed by atoms with E-state index in [4.69, 9.17) is 21.1 Å². The molecule has 0 spiro atoms. The molecule has 2 aromatic rings. The van der Waals surface area contributed by atoms with Gasteiger partial charge in [-0.15, -0.1) is 0 Å². The van der Waals surface area contributed by atoms with E-state index in [0.29, 0.717) is 6.61 Å². The summed E-state index contributed by atoms with van der Waals surface area (Å²) in [7, 11) is 1.68. The maximum atomic E-state index is 5.97. The van der Waals surface area contributed by atoms with Crippen LogP contribution in [0.1, 0.15) is 30.5 Å². The van der Waals surface area contributed by atoms with Crippen LogP contribution in [0.2, 0.25) is 5.02 Å². The average Bonchev–Trinajstić information content (AvgIpc) is 2.82. The van der Waals surface area contributed by atoms with Gasteiger partial charge in [-0.2, -0.15) is 0 Å². The van der Waals surface area contributed by atoms with E-state index in [1.165, 1.54) is 11.1 Å². The van der Waals surface area contributed by atoms with Crippen molar-refractivity contribution in [2.75, 3.05) is 13.7 Å². The minimum absolute atomic E-state index is 0.636. The molecule has 3 heteroatoms. The fourth-order valence-corrected chi connectivity index (χ4v) is 2.97. The van der Waals surface area contributed by atoms with Gasteiger partial charge in [0.05, 0.1) is 13.7 Å². The van der Waals surface area contributed by atoms with E-state index in [-0.39, 0.29) is 0 Å². The van der Waals surface area contributed by atoms with Gasteiger partial charge in [0.2, 0.25) is 0 Å². The van der Waals surface area contributed by atoms with Crippen LogP contribution in [-0.4, -0.2) is 13.7 Å². The van der Waals surface area contributed by atoms with E-state index >= 15 is 0 Å². The lowest BCUT2D eigenvalue weighted by atomic mass is 10.0. The maximum Gasteiger partial charge on any atom is 0.130 e. The highest BCUT2D eigenvalue weighted by atomic mass is 35.5. The number of ether oxygens (including phenoxy) is 2. The summed E-state index contributed by atoms with van der Waals surface area (Å²) >= 11 is 5.97. The number of hydrogen-bond acceptors (Lipinski definition) is 2. The summed E-state index contributed by atoms with van der Waals surface area (Å²) in [4.78, 5) is 0. The van der Waals surface area contributed by atoms with E-state index in [1.54, 1.807) is 7.11 Å². The quantitative estimate of drug-likeness (QED) is 0.720. The Kier molecular flexibility index (Phi) is 4.44. The van der Waals surface area contributed by atoms with Crippen molar-refractivity contribution in [1.29, 1.82) is 0 Å². The average molecular weight is 327 g/mol. The van der Waals surface area contributed by atoms with Gasteiger partial charge in [0.15, 0.2) is 0 Å². The highest BCUT2D eigenvalue weighted by Crippen LogP contribution is 2.43. The molecule has 23 heavy (non-hydrogen) atoms. The predicted molar refractivity (Wildman–Crippen MR) is 96.5 cm³/mol. The van der Waals surface area contributed by atoms with Crippen molar-refractivity contribution >= 4 is 29.0 Å². The molecule has 0 bridgehead atoms. The molecule has 0 aromatic heterocycles. The molecule has 0 radical (unpaired) electrons. The van der Waals surface area contributed by atoms with Crippen LogP contribution in [0.4, 0.5) is 0 Å². The third kappa shape index (κ3) is 2.99. The molecule has 3 rings (SSSR count). The van der Waals surface area contributed by atoms with Crippen molar-refractivity contribution in [2.45, 2.75) is 13.8 Å². The first-order valence-corrected chi connectivity index (χ1v) is 8.02. The second kappa shape index (κ2) is 6.51. The van der Waals surface area contributed by atoms with Gasteiger partial charge < -0.3 is 9.47 Å². The largest absolute Gasteiger partial charge is 0.497 e. The van der Waals surface area contributed by atoms with Crippen LogP contribution in [0, 0.1) is 0 Å². The Labute approximate surface area is 142 Å². The minimum Gasteiger partial charge on any atom is -0.497 e. The van der Waals surface area contributed by atoms with Gasteiger partial charge >= 0.3 is 0 Å². The van der Waals surface area contributed by atoms with E-state index in [2.05, 4.69) is 19.1 Å². The molecule has 0 amide bonds. The molecule has 2 nitrogen and oxygen atoms in total. The van der Waals surface area contributed by atoms with Crippen LogP contribution in [0.3, 0.4) is 0 Å². The molecule has 118 valence electrons. The molecule has 1 aliphatic rings. The second-order valence-electron chi connectivity index (χ2n) is 5.41. The van der Waals surface area contributed by atoms with Gasteiger partial charge in [-0.1, -0.05) is 23.7 Å². The smallest absolute Gasteiger partial charge is 0.130 e. The monoisotopic (exact) mass is 326 g/mol. The molecule has 0 saturated heterocycles. The molecule has 0 N–H and O–H groups in total. The first kappa shape index (κ1) is 15.7. The highest BCUT2D eigenvalue weighted by Gasteiger charge is 2.25. The molecular weight excluding hydrogens is 308 g/mol. The first-order valence-electron chi connectivity index (χ1n) is 7.64. The molecule has 1 aliphatic carbocycles. The number of hydrogen-bond donors (Lipinski definition) is 0. The van der Waals surface area contributed by atoms with Crippen molar-refractivity contribution in [3.05, 3.63) is 69.8 Å². The minimum atomic E-state index is 0.636. The molecule has 0 heterocycles. The topological polar surface area (TPSA) is 18.5 Å². The summed E-state index contributed by atoms with van der Waals surface area (Å²) in [6, 6.07) is 13.9. The zero-order valence-corrected chi connectivity index (χ0v) is 14.3. The van der Waals surface area contributed by atoms with Crippen molar-refractivity contribution in [2.24, 2.45) is 0 Å². The Morgan fingerprint density at radius 2 is 1.78 bits per heavy atom. The number of allylic oxidation sites excluding steroid dienone is 2. The number of methoxy groups -OCH3 is 1. The van der Waals surface area contributed by atoms with Gasteiger partial charge in [0, 0.05) is 10.6 Å². The maximum absolute atomic E-state index is 5.97. The summed E-state index contributed by atoms with van der Waals surface area (Å²) < 4.78 is 11.2. The molecule has 2 aromatic carbocycles. The molecule has 0 aliphatic heterocycles. The second-order valence-corrected chi connectivity index (χ2v) is 5.84. The van der Waals surface area contributed by atoms with E-state index in [0.717, 1.165) is 33.2 Å². The van der Waals surface area contributed by atoms with Crippen molar-refractivity contribution in [1.82, 2.24) is 0 Å². The number of fused-ring (bicyclic) bond motifs is 1. The van der Waals surface area contributed by atoms with Crippen molar-refractivity contribution in [3.63, 3.8) is 0 Å². The molecule has 0 atom stereocenters. The lowest BCUT2D eigenvalue weighted by Gasteiger charge is -2.08. The number of halogens is 1. The normalized spacial score (nSPS) is 15.0. The van der Waals surface area contributed by atoms with Crippen LogP contribution in [0.25, 0.3) is 17.4 Å². The van der Waals surface area contributed by atoms with Gasteiger partial charge in [-0.3, -0.25) is 0 Å². The first-order chi connectivity index (χ1) is 11.1. The van der Waals surface area contributed by atoms with Gasteiger partial charge in [-0.25, -0.2) is 0 Å². The zero-order valence-electron chi connectivity index (χ0n) is 13.5. The third-order valence-electron chi connectivity index (χ3n) is 3.98. The lowest BCUT2D eigenvalue weighted by Crippen LogP contribution is -1.92. The molecule has 0 unspecified atom stereocenters. The standard InChI is InChI=1S/C20H19ClO2/c1-4-23-20-13(2)18(11-14-5-7-15(21)8-6-14)17-10-9-16(22-3)12-19(17)20/h5-12H,4H2,1-3H3. The molecule has 0 fully saturated rings. The van der Waals surface area contributed by atoms with Crippen LogP contribution in [-0.2, 0) is 4.74 Å². The van der Waals surface area contributed by atoms with Crippen LogP contribution in [0.15, 0.2) is 48.0 Å². The Balaban J connectivity index is 2.13. The van der Waals surface area contributed by atoms with Gasteiger partial charge in [0.25, 0.3) is 0 Å². The molecular formula is C20H19ClO2. The zero-order chi connectivity index (χ0) is 16.4. The summed E-state index contributed by atoms with van der Waals surface area (Å²) in [5.41, 5.74) is 5.69. The van der Waals surface area contributed by atoms with Crippen molar-refractivity contribution in [3.8, 4) is 5.75 Å². The fourth-order valence-electron chi connectivity index (χ4n) is 2.84. The SMILES string of the molecule is CCOC1=C(C)C(=Cc2ccc(Cl)cc2)c2ccc(OC)cc21. The van der Waals surface area contributed by atoms with E-state index in [1.807, 2.05) is 43.3 Å². The summed E-state index contributed by atoms with van der Waals surface area (Å²) in [6.45, 7) is 4.73. The van der Waals surface area contributed by atoms with E-state index < -0.39 is 0 Å². The summed E-state index contributed by atoms with van der Waals surface area (Å²) in [6.07, 6.45) is 2.17. The Bertz CT molecular complexity index is 786. The number of benzene rings is 2. The fraction of sp³-hybridized carbons (Fsp3) is 0.200. The van der Waals surface area contributed by atoms with Crippen molar-refractivity contribution < 1.29 is 9.47 Å². The van der Waals surface area contributed by atoms with Gasteiger partial charge in [-0.05, 0) is 72.5 Å². The highest BCUT2D eigenvalue weighted by molar-refractivity contribution is 6.30. The summed E-state index contributed by atoms with van der Waals surface area (Å²) in [5.74, 6) is 1.77. The third-order valence-corrected chi connectivity index (χ3v) is 4.23. The Morgan fingerprint density at radius 1 is 1.04 bits per heavy atom. The molecule has 0 saturated carbocycles.